The molecule has 0 unspecified atom stereocenters. The molecule has 1 atom stereocenters. The van der Waals surface area contributed by atoms with Gasteiger partial charge in [0.1, 0.15) is 17.6 Å². The summed E-state index contributed by atoms with van der Waals surface area (Å²) in [6, 6.07) is -0.0446. The van der Waals surface area contributed by atoms with Crippen molar-refractivity contribution in [3.63, 3.8) is 0 Å². The summed E-state index contributed by atoms with van der Waals surface area (Å²) in [5.41, 5.74) is -0.340. The van der Waals surface area contributed by atoms with Gasteiger partial charge < -0.3 is 10.4 Å². The number of hydrogen-bond acceptors (Lipinski definition) is 3. The Balaban J connectivity index is 2.44. The number of phenolic OH excluding ortho intramolecular Hbond substituents is 1. The van der Waals surface area contributed by atoms with Crippen molar-refractivity contribution < 1.29 is 22.7 Å². The minimum absolute atomic E-state index is 0.207. The molecule has 0 saturated carbocycles. The normalized spacial score (nSPS) is 19.1. The number of nitrogens with one attached hydrogen (secondary N) is 1. The molecule has 20 heavy (non-hydrogen) atoms. The molecule has 2 rings (SSSR count). The molecule has 112 valence electrons. The lowest BCUT2D eigenvalue weighted by atomic mass is 10.0. The Bertz CT molecular complexity index is 489. The molecular formula is C12H13BrF4N2O. The molecule has 3 nitrogen and oxygen atoms in total. The Morgan fingerprint density at radius 3 is 2.40 bits per heavy atom. The standard InChI is InChI=1S/C12H13BrF4N2O/c13-9-8(14)2-1-7(10(9)20)11(12(15,16)17)19-5-3-18-4-6-19/h1-2,11,18,20H,3-6H2/t11-/m0/s1. The first-order chi connectivity index (χ1) is 9.32. The van der Waals surface area contributed by atoms with Gasteiger partial charge in [-0.1, -0.05) is 6.07 Å². The van der Waals surface area contributed by atoms with Crippen LogP contribution in [-0.4, -0.2) is 42.4 Å². The van der Waals surface area contributed by atoms with Gasteiger partial charge in [0.15, 0.2) is 0 Å². The third kappa shape index (κ3) is 3.07. The molecule has 1 aromatic carbocycles. The third-order valence-electron chi connectivity index (χ3n) is 3.22. The van der Waals surface area contributed by atoms with Crippen molar-refractivity contribution in [2.24, 2.45) is 0 Å². The minimum atomic E-state index is -4.55. The maximum absolute atomic E-state index is 13.3. The summed E-state index contributed by atoms with van der Waals surface area (Å²) in [4.78, 5) is 1.23. The number of rotatable bonds is 2. The van der Waals surface area contributed by atoms with E-state index in [1.807, 2.05) is 0 Å². The fourth-order valence-corrected chi connectivity index (χ4v) is 2.66. The first-order valence-corrected chi connectivity index (χ1v) is 6.80. The van der Waals surface area contributed by atoms with Crippen LogP contribution in [0, 0.1) is 5.82 Å². The molecule has 1 aromatic rings. The Hall–Kier alpha value is -0.860. The molecule has 0 amide bonds. The van der Waals surface area contributed by atoms with E-state index in [1.54, 1.807) is 0 Å². The van der Waals surface area contributed by atoms with Crippen LogP contribution >= 0.6 is 15.9 Å². The Morgan fingerprint density at radius 1 is 1.25 bits per heavy atom. The largest absolute Gasteiger partial charge is 0.506 e. The van der Waals surface area contributed by atoms with Gasteiger partial charge in [-0.15, -0.1) is 0 Å². The summed E-state index contributed by atoms with van der Waals surface area (Å²) in [6.45, 7) is 1.29. The van der Waals surface area contributed by atoms with Crippen molar-refractivity contribution in [2.45, 2.75) is 12.2 Å². The first-order valence-electron chi connectivity index (χ1n) is 6.00. The van der Waals surface area contributed by atoms with Gasteiger partial charge in [-0.2, -0.15) is 13.2 Å². The predicted molar refractivity (Wildman–Crippen MR) is 69.0 cm³/mol. The first kappa shape index (κ1) is 15.5. The van der Waals surface area contributed by atoms with E-state index in [4.69, 9.17) is 0 Å². The molecular weight excluding hydrogens is 344 g/mol. The number of phenols is 1. The Kier molecular flexibility index (Phi) is 4.55. The second kappa shape index (κ2) is 5.87. The average molecular weight is 357 g/mol. The van der Waals surface area contributed by atoms with Crippen LogP contribution in [0.15, 0.2) is 16.6 Å². The highest BCUT2D eigenvalue weighted by Crippen LogP contribution is 2.44. The van der Waals surface area contributed by atoms with E-state index in [0.717, 1.165) is 12.1 Å². The van der Waals surface area contributed by atoms with Crippen molar-refractivity contribution in [3.8, 4) is 5.75 Å². The highest BCUT2D eigenvalue weighted by Gasteiger charge is 2.46. The van der Waals surface area contributed by atoms with E-state index in [2.05, 4.69) is 21.2 Å². The highest BCUT2D eigenvalue weighted by molar-refractivity contribution is 9.10. The van der Waals surface area contributed by atoms with Crippen molar-refractivity contribution in [2.75, 3.05) is 26.2 Å². The van der Waals surface area contributed by atoms with Crippen LogP contribution in [0.1, 0.15) is 11.6 Å². The van der Waals surface area contributed by atoms with E-state index in [9.17, 15) is 22.7 Å². The van der Waals surface area contributed by atoms with E-state index >= 15 is 0 Å². The van der Waals surface area contributed by atoms with Crippen molar-refractivity contribution in [1.29, 1.82) is 0 Å². The fourth-order valence-electron chi connectivity index (χ4n) is 2.30. The molecule has 0 bridgehead atoms. The molecule has 1 aliphatic rings. The van der Waals surface area contributed by atoms with E-state index in [0.29, 0.717) is 13.1 Å². The van der Waals surface area contributed by atoms with Gasteiger partial charge in [-0.3, -0.25) is 4.90 Å². The summed E-state index contributed by atoms with van der Waals surface area (Å²) in [7, 11) is 0. The number of hydrogen-bond donors (Lipinski definition) is 2. The maximum atomic E-state index is 13.3. The van der Waals surface area contributed by atoms with Crippen LogP contribution in [0.3, 0.4) is 0 Å². The second-order valence-corrected chi connectivity index (χ2v) is 5.32. The number of alkyl halides is 3. The van der Waals surface area contributed by atoms with Crippen molar-refractivity contribution in [1.82, 2.24) is 10.2 Å². The number of benzene rings is 1. The van der Waals surface area contributed by atoms with Crippen molar-refractivity contribution in [3.05, 3.63) is 28.0 Å². The molecule has 0 aromatic heterocycles. The van der Waals surface area contributed by atoms with Crippen LogP contribution in [0.5, 0.6) is 5.75 Å². The molecule has 0 radical (unpaired) electrons. The summed E-state index contributed by atoms with van der Waals surface area (Å²) in [6.07, 6.45) is -4.55. The van der Waals surface area contributed by atoms with Crippen LogP contribution in [0.2, 0.25) is 0 Å². The maximum Gasteiger partial charge on any atom is 0.408 e. The van der Waals surface area contributed by atoms with E-state index < -0.39 is 23.8 Å². The third-order valence-corrected chi connectivity index (χ3v) is 3.98. The summed E-state index contributed by atoms with van der Waals surface area (Å²) in [5, 5.41) is 12.8. The lowest BCUT2D eigenvalue weighted by Gasteiger charge is -2.36. The van der Waals surface area contributed by atoms with Crippen LogP contribution in [0.25, 0.3) is 0 Å². The highest BCUT2D eigenvalue weighted by atomic mass is 79.9. The summed E-state index contributed by atoms with van der Waals surface area (Å²) in [5.74, 6) is -1.50. The lowest BCUT2D eigenvalue weighted by molar-refractivity contribution is -0.188. The number of halogens is 5. The SMILES string of the molecule is Oc1c([C@H](N2CCNCC2)C(F)(F)F)ccc(F)c1Br. The molecule has 1 saturated heterocycles. The second-order valence-electron chi connectivity index (χ2n) is 4.53. The van der Waals surface area contributed by atoms with E-state index in [-0.39, 0.29) is 23.1 Å². The van der Waals surface area contributed by atoms with Gasteiger partial charge in [0.05, 0.1) is 4.47 Å². The molecule has 1 aliphatic heterocycles. The predicted octanol–water partition coefficient (Wildman–Crippen LogP) is 2.80. The van der Waals surface area contributed by atoms with Gasteiger partial charge in [0, 0.05) is 31.7 Å². The van der Waals surface area contributed by atoms with Gasteiger partial charge in [0.25, 0.3) is 0 Å². The lowest BCUT2D eigenvalue weighted by Crippen LogP contribution is -2.49. The van der Waals surface area contributed by atoms with E-state index in [1.165, 1.54) is 4.90 Å². The average Bonchev–Trinajstić information content (AvgIpc) is 2.39. The van der Waals surface area contributed by atoms with Crippen molar-refractivity contribution >= 4 is 15.9 Å². The number of aromatic hydroxyl groups is 1. The molecule has 1 fully saturated rings. The zero-order valence-corrected chi connectivity index (χ0v) is 11.9. The molecule has 0 spiro atoms. The molecule has 0 aliphatic carbocycles. The summed E-state index contributed by atoms with van der Waals surface area (Å²) < 4.78 is 52.9. The van der Waals surface area contributed by atoms with Crippen LogP contribution in [0.4, 0.5) is 17.6 Å². The molecule has 2 N–H and O–H groups in total. The quantitative estimate of drug-likeness (QED) is 0.800. The molecule has 1 heterocycles. The molecule has 8 heteroatoms. The zero-order valence-electron chi connectivity index (χ0n) is 10.3. The Labute approximate surface area is 121 Å². The van der Waals surface area contributed by atoms with Gasteiger partial charge in [-0.05, 0) is 22.0 Å². The Morgan fingerprint density at radius 2 is 1.85 bits per heavy atom. The summed E-state index contributed by atoms with van der Waals surface area (Å²) >= 11 is 2.77. The topological polar surface area (TPSA) is 35.5 Å². The monoisotopic (exact) mass is 356 g/mol. The van der Waals surface area contributed by atoms with Crippen LogP contribution in [-0.2, 0) is 0 Å². The van der Waals surface area contributed by atoms with Gasteiger partial charge in [-0.25, -0.2) is 4.39 Å². The van der Waals surface area contributed by atoms with Crippen LogP contribution < -0.4 is 5.32 Å². The fraction of sp³-hybridized carbons (Fsp3) is 0.500. The van der Waals surface area contributed by atoms with Gasteiger partial charge >= 0.3 is 6.18 Å². The number of nitrogens with zero attached hydrogens (tertiary/aromatic N) is 1. The number of piperazine rings is 1. The smallest absolute Gasteiger partial charge is 0.408 e. The van der Waals surface area contributed by atoms with Gasteiger partial charge in [0.2, 0.25) is 0 Å². The minimum Gasteiger partial charge on any atom is -0.506 e. The zero-order chi connectivity index (χ0) is 14.9.